The Hall–Kier alpha value is -1.51. The molecule has 1 fully saturated rings. The van der Waals surface area contributed by atoms with E-state index in [4.69, 9.17) is 5.11 Å². The summed E-state index contributed by atoms with van der Waals surface area (Å²) in [5.41, 5.74) is 0. The Kier molecular flexibility index (Phi) is 5.49. The summed E-state index contributed by atoms with van der Waals surface area (Å²) in [5.74, 6) is -1.31. The Bertz CT molecular complexity index is 610. The van der Waals surface area contributed by atoms with Crippen molar-refractivity contribution in [3.05, 3.63) is 30.1 Å². The van der Waals surface area contributed by atoms with Crippen LogP contribution in [0, 0.1) is 5.82 Å². The molecule has 22 heavy (non-hydrogen) atoms. The summed E-state index contributed by atoms with van der Waals surface area (Å²) in [6.45, 7) is 1.79. The third-order valence-corrected chi connectivity index (χ3v) is 5.21. The number of piperidine rings is 1. The van der Waals surface area contributed by atoms with E-state index in [9.17, 15) is 17.6 Å². The molecule has 6 nitrogen and oxygen atoms in total. The van der Waals surface area contributed by atoms with Gasteiger partial charge in [0.1, 0.15) is 5.82 Å². The minimum atomic E-state index is -3.65. The van der Waals surface area contributed by atoms with E-state index in [-0.39, 0.29) is 17.4 Å². The summed E-state index contributed by atoms with van der Waals surface area (Å²) in [7, 11) is -3.65. The molecule has 8 heteroatoms. The highest BCUT2D eigenvalue weighted by molar-refractivity contribution is 7.89. The van der Waals surface area contributed by atoms with Crippen molar-refractivity contribution >= 4 is 16.0 Å². The molecule has 0 amide bonds. The maximum absolute atomic E-state index is 12.8. The van der Waals surface area contributed by atoms with Crippen LogP contribution in [0.15, 0.2) is 29.2 Å². The molecule has 1 aliphatic heterocycles. The molecule has 0 unspecified atom stereocenters. The number of nitrogens with zero attached hydrogens (tertiary/aromatic N) is 1. The number of nitrogens with one attached hydrogen (secondary N) is 1. The topological polar surface area (TPSA) is 86.7 Å². The van der Waals surface area contributed by atoms with Crippen LogP contribution in [0.4, 0.5) is 4.39 Å². The number of hydrogen-bond donors (Lipinski definition) is 2. The lowest BCUT2D eigenvalue weighted by Gasteiger charge is -2.31. The van der Waals surface area contributed by atoms with Crippen LogP contribution in [0.2, 0.25) is 0 Å². The Morgan fingerprint density at radius 3 is 2.41 bits per heavy atom. The van der Waals surface area contributed by atoms with Gasteiger partial charge in [0, 0.05) is 12.6 Å². The van der Waals surface area contributed by atoms with Crippen LogP contribution in [0.1, 0.15) is 19.3 Å². The van der Waals surface area contributed by atoms with Gasteiger partial charge in [-0.1, -0.05) is 0 Å². The molecular weight excluding hydrogens is 311 g/mol. The fourth-order valence-corrected chi connectivity index (χ4v) is 3.73. The zero-order valence-electron chi connectivity index (χ0n) is 12.0. The number of carboxylic acids is 1. The maximum atomic E-state index is 12.8. The highest BCUT2D eigenvalue weighted by Crippen LogP contribution is 2.15. The average Bonchev–Trinajstić information content (AvgIpc) is 2.46. The third-order valence-electron chi connectivity index (χ3n) is 3.68. The Morgan fingerprint density at radius 1 is 1.27 bits per heavy atom. The van der Waals surface area contributed by atoms with Crippen molar-refractivity contribution in [3.8, 4) is 0 Å². The minimum Gasteiger partial charge on any atom is -0.481 e. The molecule has 1 heterocycles. The first kappa shape index (κ1) is 16.9. The van der Waals surface area contributed by atoms with E-state index in [2.05, 4.69) is 4.72 Å². The van der Waals surface area contributed by atoms with Crippen LogP contribution in [-0.2, 0) is 14.8 Å². The second-order valence-electron chi connectivity index (χ2n) is 5.33. The van der Waals surface area contributed by atoms with Gasteiger partial charge >= 0.3 is 5.97 Å². The van der Waals surface area contributed by atoms with Gasteiger partial charge in [-0.2, -0.15) is 0 Å². The number of sulfonamides is 1. The van der Waals surface area contributed by atoms with Gasteiger partial charge in [-0.25, -0.2) is 17.5 Å². The van der Waals surface area contributed by atoms with Crippen molar-refractivity contribution in [2.75, 3.05) is 19.6 Å². The number of likely N-dealkylation sites (tertiary alicyclic amines) is 1. The summed E-state index contributed by atoms with van der Waals surface area (Å²) in [5, 5.41) is 8.65. The number of halogens is 1. The predicted molar refractivity (Wildman–Crippen MR) is 78.4 cm³/mol. The Balaban J connectivity index is 1.87. The predicted octanol–water partition coefficient (Wildman–Crippen LogP) is 1.04. The summed E-state index contributed by atoms with van der Waals surface area (Å²) in [6.07, 6.45) is 1.34. The van der Waals surface area contributed by atoms with Crippen molar-refractivity contribution < 1.29 is 22.7 Å². The quantitative estimate of drug-likeness (QED) is 0.814. The molecule has 0 saturated carbocycles. The number of carbonyl (C=O) groups is 1. The van der Waals surface area contributed by atoms with E-state index < -0.39 is 21.8 Å². The summed E-state index contributed by atoms with van der Waals surface area (Å²) in [4.78, 5) is 12.6. The first-order valence-corrected chi connectivity index (χ1v) is 8.57. The standard InChI is InChI=1S/C14H19FN2O4S/c15-11-1-3-13(4-2-11)22(20,21)16-12-5-8-17(9-6-12)10-7-14(18)19/h1-4,12,16H,5-10H2,(H,18,19). The van der Waals surface area contributed by atoms with Gasteiger partial charge in [-0.05, 0) is 50.2 Å². The summed E-state index contributed by atoms with van der Waals surface area (Å²) in [6, 6.07) is 4.52. The largest absolute Gasteiger partial charge is 0.481 e. The van der Waals surface area contributed by atoms with Crippen LogP contribution in [0.5, 0.6) is 0 Å². The van der Waals surface area contributed by atoms with Gasteiger partial charge in [0.25, 0.3) is 0 Å². The van der Waals surface area contributed by atoms with E-state index in [1.54, 1.807) is 0 Å². The summed E-state index contributed by atoms with van der Waals surface area (Å²) < 4.78 is 39.8. The lowest BCUT2D eigenvalue weighted by atomic mass is 10.1. The lowest BCUT2D eigenvalue weighted by Crippen LogP contribution is -2.45. The Labute approximate surface area is 129 Å². The highest BCUT2D eigenvalue weighted by atomic mass is 32.2. The molecule has 0 radical (unpaired) electrons. The second-order valence-corrected chi connectivity index (χ2v) is 7.05. The number of rotatable bonds is 6. The number of aliphatic carboxylic acids is 1. The van der Waals surface area contributed by atoms with Crippen molar-refractivity contribution in [1.29, 1.82) is 0 Å². The molecule has 0 atom stereocenters. The second kappa shape index (κ2) is 7.17. The van der Waals surface area contributed by atoms with Crippen LogP contribution in [0.3, 0.4) is 0 Å². The molecule has 1 saturated heterocycles. The maximum Gasteiger partial charge on any atom is 0.304 e. The van der Waals surface area contributed by atoms with Gasteiger partial charge in [-0.3, -0.25) is 4.79 Å². The number of carboxylic acid groups (broad SMARTS) is 1. The van der Waals surface area contributed by atoms with Crippen molar-refractivity contribution in [2.24, 2.45) is 0 Å². The third kappa shape index (κ3) is 4.75. The number of benzene rings is 1. The van der Waals surface area contributed by atoms with Crippen molar-refractivity contribution in [2.45, 2.75) is 30.2 Å². The SMILES string of the molecule is O=C(O)CCN1CCC(NS(=O)(=O)c2ccc(F)cc2)CC1. The van der Waals surface area contributed by atoms with Crippen LogP contribution in [-0.4, -0.2) is 50.1 Å². The fraction of sp³-hybridized carbons (Fsp3) is 0.500. The minimum absolute atomic E-state index is 0.0437. The fourth-order valence-electron chi connectivity index (χ4n) is 2.43. The number of hydrogen-bond acceptors (Lipinski definition) is 4. The zero-order chi connectivity index (χ0) is 16.2. The monoisotopic (exact) mass is 330 g/mol. The van der Waals surface area contributed by atoms with Gasteiger partial charge in [0.2, 0.25) is 10.0 Å². The van der Waals surface area contributed by atoms with E-state index >= 15 is 0 Å². The smallest absolute Gasteiger partial charge is 0.304 e. The van der Waals surface area contributed by atoms with Gasteiger partial charge in [0.05, 0.1) is 11.3 Å². The van der Waals surface area contributed by atoms with E-state index in [0.29, 0.717) is 32.5 Å². The Morgan fingerprint density at radius 2 is 1.86 bits per heavy atom. The molecule has 1 aromatic rings. The van der Waals surface area contributed by atoms with Gasteiger partial charge < -0.3 is 10.0 Å². The van der Waals surface area contributed by atoms with E-state index in [1.807, 2.05) is 4.90 Å². The molecule has 1 aliphatic rings. The molecule has 0 aliphatic carbocycles. The van der Waals surface area contributed by atoms with Gasteiger partial charge in [0.15, 0.2) is 0 Å². The molecule has 0 bridgehead atoms. The average molecular weight is 330 g/mol. The molecule has 1 aromatic carbocycles. The first-order valence-electron chi connectivity index (χ1n) is 7.09. The van der Waals surface area contributed by atoms with E-state index in [0.717, 1.165) is 12.1 Å². The van der Waals surface area contributed by atoms with Crippen molar-refractivity contribution in [1.82, 2.24) is 9.62 Å². The summed E-state index contributed by atoms with van der Waals surface area (Å²) >= 11 is 0. The van der Waals surface area contributed by atoms with E-state index in [1.165, 1.54) is 12.1 Å². The molecule has 122 valence electrons. The molecule has 2 N–H and O–H groups in total. The first-order chi connectivity index (χ1) is 10.4. The molecule has 2 rings (SSSR count). The van der Waals surface area contributed by atoms with Gasteiger partial charge in [-0.15, -0.1) is 0 Å². The van der Waals surface area contributed by atoms with Crippen LogP contribution < -0.4 is 4.72 Å². The van der Waals surface area contributed by atoms with Crippen LogP contribution >= 0.6 is 0 Å². The molecule has 0 spiro atoms. The molecule has 0 aromatic heterocycles. The molecular formula is C14H19FN2O4S. The highest BCUT2D eigenvalue weighted by Gasteiger charge is 2.24. The normalized spacial score (nSPS) is 17.5. The zero-order valence-corrected chi connectivity index (χ0v) is 12.9. The van der Waals surface area contributed by atoms with Crippen LogP contribution in [0.25, 0.3) is 0 Å². The lowest BCUT2D eigenvalue weighted by molar-refractivity contribution is -0.137. The van der Waals surface area contributed by atoms with Crippen molar-refractivity contribution in [3.63, 3.8) is 0 Å².